The highest BCUT2D eigenvalue weighted by atomic mass is 15.3. The molecule has 1 aliphatic rings. The zero-order valence-corrected chi connectivity index (χ0v) is 7.64. The van der Waals surface area contributed by atoms with E-state index in [4.69, 9.17) is 5.84 Å². The summed E-state index contributed by atoms with van der Waals surface area (Å²) in [5.74, 6) is 6.82. The molecule has 4 nitrogen and oxygen atoms in total. The van der Waals surface area contributed by atoms with Gasteiger partial charge in [-0.15, -0.1) is 0 Å². The van der Waals surface area contributed by atoms with Gasteiger partial charge < -0.3 is 5.32 Å². The molecule has 1 rings (SSSR count). The van der Waals surface area contributed by atoms with Crippen molar-refractivity contribution < 1.29 is 0 Å². The summed E-state index contributed by atoms with van der Waals surface area (Å²) in [5, 5.41) is 3.12. The molecule has 1 fully saturated rings. The third-order valence-electron chi connectivity index (χ3n) is 1.88. The van der Waals surface area contributed by atoms with Crippen LogP contribution >= 0.6 is 0 Å². The third-order valence-corrected chi connectivity index (χ3v) is 1.88. The number of hydrogen-bond acceptors (Lipinski definition) is 2. The van der Waals surface area contributed by atoms with Gasteiger partial charge in [0.05, 0.1) is 0 Å². The molecule has 12 heavy (non-hydrogen) atoms. The highest BCUT2D eigenvalue weighted by molar-refractivity contribution is 5.79. The number of nitrogens with two attached hydrogens (primary N) is 1. The third kappa shape index (κ3) is 3.57. The Morgan fingerprint density at radius 3 is 2.83 bits per heavy atom. The molecular weight excluding hydrogens is 152 g/mol. The SMILES string of the molecule is CCCNC(=NCC1CC1)NN. The largest absolute Gasteiger partial charge is 0.355 e. The summed E-state index contributed by atoms with van der Waals surface area (Å²) in [6, 6.07) is 0. The van der Waals surface area contributed by atoms with Gasteiger partial charge in [0, 0.05) is 13.1 Å². The van der Waals surface area contributed by atoms with Crippen LogP contribution in [0.3, 0.4) is 0 Å². The molecule has 4 heteroatoms. The molecular formula is C8H18N4. The summed E-state index contributed by atoms with van der Waals surface area (Å²) in [5.41, 5.74) is 2.56. The Bertz CT molecular complexity index is 151. The number of nitrogens with zero attached hydrogens (tertiary/aromatic N) is 1. The predicted molar refractivity (Wildman–Crippen MR) is 50.6 cm³/mol. The lowest BCUT2D eigenvalue weighted by Gasteiger charge is -2.06. The van der Waals surface area contributed by atoms with Crippen LogP contribution in [0.15, 0.2) is 4.99 Å². The molecule has 1 aliphatic carbocycles. The number of hydrazine groups is 1. The fraction of sp³-hybridized carbons (Fsp3) is 0.875. The lowest BCUT2D eigenvalue weighted by Crippen LogP contribution is -2.42. The first-order valence-corrected chi connectivity index (χ1v) is 4.61. The van der Waals surface area contributed by atoms with E-state index >= 15 is 0 Å². The molecule has 0 bridgehead atoms. The van der Waals surface area contributed by atoms with Crippen molar-refractivity contribution in [1.29, 1.82) is 0 Å². The Morgan fingerprint density at radius 2 is 2.33 bits per heavy atom. The highest BCUT2D eigenvalue weighted by Gasteiger charge is 2.20. The molecule has 0 spiro atoms. The quantitative estimate of drug-likeness (QED) is 0.245. The van der Waals surface area contributed by atoms with Crippen LogP contribution in [0.5, 0.6) is 0 Å². The molecule has 0 heterocycles. The molecule has 0 aliphatic heterocycles. The van der Waals surface area contributed by atoms with Gasteiger partial charge in [0.2, 0.25) is 5.96 Å². The van der Waals surface area contributed by atoms with E-state index in [1.807, 2.05) is 0 Å². The van der Waals surface area contributed by atoms with Crippen LogP contribution in [-0.2, 0) is 0 Å². The topological polar surface area (TPSA) is 62.4 Å². The zero-order valence-electron chi connectivity index (χ0n) is 7.64. The van der Waals surface area contributed by atoms with E-state index in [-0.39, 0.29) is 0 Å². The predicted octanol–water partition coefficient (Wildman–Crippen LogP) is 0.215. The molecule has 0 radical (unpaired) electrons. The normalized spacial score (nSPS) is 17.7. The number of hydrogen-bond donors (Lipinski definition) is 3. The first-order valence-electron chi connectivity index (χ1n) is 4.61. The Morgan fingerprint density at radius 1 is 1.58 bits per heavy atom. The maximum Gasteiger partial charge on any atom is 0.205 e. The van der Waals surface area contributed by atoms with E-state index < -0.39 is 0 Å². The number of guanidine groups is 1. The van der Waals surface area contributed by atoms with Crippen molar-refractivity contribution in [3.63, 3.8) is 0 Å². The summed E-state index contributed by atoms with van der Waals surface area (Å²) < 4.78 is 0. The van der Waals surface area contributed by atoms with E-state index in [1.165, 1.54) is 12.8 Å². The van der Waals surface area contributed by atoms with Gasteiger partial charge in [0.25, 0.3) is 0 Å². The molecule has 0 amide bonds. The van der Waals surface area contributed by atoms with Crippen molar-refractivity contribution in [3.8, 4) is 0 Å². The minimum atomic E-state index is 0.726. The lowest BCUT2D eigenvalue weighted by atomic mass is 10.4. The minimum absolute atomic E-state index is 0.726. The summed E-state index contributed by atoms with van der Waals surface area (Å²) in [6.45, 7) is 3.95. The Balaban J connectivity index is 2.16. The Hall–Kier alpha value is -0.770. The first kappa shape index (κ1) is 9.32. The summed E-state index contributed by atoms with van der Waals surface area (Å²) in [6.07, 6.45) is 3.74. The average molecular weight is 170 g/mol. The van der Waals surface area contributed by atoms with Gasteiger partial charge in [-0.1, -0.05) is 6.92 Å². The van der Waals surface area contributed by atoms with Crippen LogP contribution in [0.2, 0.25) is 0 Å². The van der Waals surface area contributed by atoms with Crippen LogP contribution in [0.1, 0.15) is 26.2 Å². The van der Waals surface area contributed by atoms with Crippen LogP contribution < -0.4 is 16.6 Å². The second-order valence-electron chi connectivity index (χ2n) is 3.20. The van der Waals surface area contributed by atoms with Crippen molar-refractivity contribution in [2.24, 2.45) is 16.8 Å². The summed E-state index contributed by atoms with van der Waals surface area (Å²) in [7, 11) is 0. The maximum absolute atomic E-state index is 5.28. The van der Waals surface area contributed by atoms with Gasteiger partial charge in [-0.2, -0.15) is 0 Å². The van der Waals surface area contributed by atoms with E-state index in [0.717, 1.165) is 31.4 Å². The van der Waals surface area contributed by atoms with Crippen molar-refractivity contribution in [2.45, 2.75) is 26.2 Å². The van der Waals surface area contributed by atoms with Gasteiger partial charge in [0.1, 0.15) is 0 Å². The fourth-order valence-corrected chi connectivity index (χ4v) is 0.917. The Kier molecular flexibility index (Phi) is 3.87. The van der Waals surface area contributed by atoms with Crippen LogP contribution in [-0.4, -0.2) is 19.0 Å². The second kappa shape index (κ2) is 4.98. The minimum Gasteiger partial charge on any atom is -0.355 e. The van der Waals surface area contributed by atoms with Gasteiger partial charge in [-0.05, 0) is 25.2 Å². The molecule has 0 atom stereocenters. The van der Waals surface area contributed by atoms with Crippen molar-refractivity contribution in [2.75, 3.05) is 13.1 Å². The van der Waals surface area contributed by atoms with E-state index in [9.17, 15) is 0 Å². The highest BCUT2D eigenvalue weighted by Crippen LogP contribution is 2.28. The van der Waals surface area contributed by atoms with Crippen molar-refractivity contribution in [1.82, 2.24) is 10.7 Å². The molecule has 0 aromatic heterocycles. The van der Waals surface area contributed by atoms with E-state index in [2.05, 4.69) is 22.7 Å². The molecule has 0 saturated heterocycles. The number of aliphatic imine (C=N–C) groups is 1. The average Bonchev–Trinajstić information content (AvgIpc) is 2.89. The smallest absolute Gasteiger partial charge is 0.205 e. The van der Waals surface area contributed by atoms with Gasteiger partial charge in [-0.3, -0.25) is 10.4 Å². The standard InChI is InChI=1S/C8H18N4/c1-2-5-10-8(12-9)11-6-7-3-4-7/h7H,2-6,9H2,1H3,(H2,10,11,12). The monoisotopic (exact) mass is 170 g/mol. The van der Waals surface area contributed by atoms with E-state index in [0.29, 0.717) is 0 Å². The number of rotatable bonds is 4. The summed E-state index contributed by atoms with van der Waals surface area (Å²) in [4.78, 5) is 4.31. The van der Waals surface area contributed by atoms with Crippen LogP contribution in [0, 0.1) is 5.92 Å². The van der Waals surface area contributed by atoms with Crippen molar-refractivity contribution >= 4 is 5.96 Å². The van der Waals surface area contributed by atoms with Gasteiger partial charge in [-0.25, -0.2) is 5.84 Å². The first-order chi connectivity index (χ1) is 5.86. The van der Waals surface area contributed by atoms with E-state index in [1.54, 1.807) is 0 Å². The van der Waals surface area contributed by atoms with Gasteiger partial charge >= 0.3 is 0 Å². The Labute approximate surface area is 73.6 Å². The zero-order chi connectivity index (χ0) is 8.81. The van der Waals surface area contributed by atoms with Gasteiger partial charge in [0.15, 0.2) is 0 Å². The molecule has 0 unspecified atom stereocenters. The maximum atomic E-state index is 5.28. The van der Waals surface area contributed by atoms with Crippen LogP contribution in [0.4, 0.5) is 0 Å². The van der Waals surface area contributed by atoms with Crippen molar-refractivity contribution in [3.05, 3.63) is 0 Å². The molecule has 1 saturated carbocycles. The number of nitrogens with one attached hydrogen (secondary N) is 2. The molecule has 70 valence electrons. The molecule has 0 aromatic carbocycles. The molecule has 0 aromatic rings. The molecule has 4 N–H and O–H groups in total. The van der Waals surface area contributed by atoms with Crippen LogP contribution in [0.25, 0.3) is 0 Å². The lowest BCUT2D eigenvalue weighted by molar-refractivity contribution is 0.771. The second-order valence-corrected chi connectivity index (χ2v) is 3.20. The summed E-state index contributed by atoms with van der Waals surface area (Å²) >= 11 is 0. The fourth-order valence-electron chi connectivity index (χ4n) is 0.917.